The molecule has 9 heteroatoms. The normalized spacial score (nSPS) is 13.4. The molecule has 0 radical (unpaired) electrons. The van der Waals surface area contributed by atoms with Crippen molar-refractivity contribution in [2.45, 2.75) is 52.0 Å². The van der Waals surface area contributed by atoms with Gasteiger partial charge in [-0.05, 0) is 24.5 Å². The van der Waals surface area contributed by atoms with Gasteiger partial charge in [-0.1, -0.05) is 55.8 Å². The number of nitrogens with zero attached hydrogens (tertiary/aromatic N) is 5. The van der Waals surface area contributed by atoms with Crippen molar-refractivity contribution < 1.29 is 13.9 Å². The van der Waals surface area contributed by atoms with Gasteiger partial charge in [-0.2, -0.15) is 0 Å². The van der Waals surface area contributed by atoms with E-state index in [1.54, 1.807) is 10.7 Å². The van der Waals surface area contributed by atoms with E-state index in [1.807, 2.05) is 39.0 Å². The molecule has 2 aromatic heterocycles. The Bertz CT molecular complexity index is 987. The second-order valence-corrected chi connectivity index (χ2v) is 8.48. The number of aromatic nitrogens is 5. The first-order valence-corrected chi connectivity index (χ1v) is 9.81. The molecule has 3 rings (SSSR count). The second kappa shape index (κ2) is 8.67. The van der Waals surface area contributed by atoms with Crippen molar-refractivity contribution in [3.05, 3.63) is 46.4 Å². The van der Waals surface area contributed by atoms with E-state index in [2.05, 4.69) is 20.3 Å². The van der Waals surface area contributed by atoms with Gasteiger partial charge in [0.1, 0.15) is 5.82 Å². The Morgan fingerprint density at radius 2 is 1.90 bits per heavy atom. The average Bonchev–Trinajstić information content (AvgIpc) is 3.06. The summed E-state index contributed by atoms with van der Waals surface area (Å²) in [5, 5.41) is 18.2. The minimum absolute atomic E-state index is 0.0984. The highest BCUT2D eigenvalue weighted by molar-refractivity contribution is 6.31. The molecule has 0 amide bonds. The lowest BCUT2D eigenvalue weighted by molar-refractivity contribution is 0.0372. The molecule has 0 saturated heterocycles. The molecule has 0 saturated carbocycles. The van der Waals surface area contributed by atoms with E-state index in [0.717, 1.165) is 5.56 Å². The molecule has 29 heavy (non-hydrogen) atoms. The number of rotatable bonds is 7. The minimum Gasteiger partial charge on any atom is -0.396 e. The topological polar surface area (TPSA) is 76.7 Å². The van der Waals surface area contributed by atoms with Crippen molar-refractivity contribution in [1.29, 1.82) is 0 Å². The number of alkyl halides is 2. The fourth-order valence-electron chi connectivity index (χ4n) is 2.93. The summed E-state index contributed by atoms with van der Waals surface area (Å²) in [5.74, 6) is -0.517. The zero-order chi connectivity index (χ0) is 21.2. The maximum absolute atomic E-state index is 13.0. The number of aliphatic hydroxyl groups excluding tert-OH is 1. The lowest BCUT2D eigenvalue weighted by Gasteiger charge is -2.18. The summed E-state index contributed by atoms with van der Waals surface area (Å²) in [6.07, 6.45) is -2.24. The van der Waals surface area contributed by atoms with Crippen molar-refractivity contribution in [3.8, 4) is 0 Å². The van der Waals surface area contributed by atoms with Gasteiger partial charge < -0.3 is 5.11 Å². The van der Waals surface area contributed by atoms with Crippen molar-refractivity contribution >= 4 is 22.8 Å². The van der Waals surface area contributed by atoms with E-state index >= 15 is 0 Å². The van der Waals surface area contributed by atoms with Crippen molar-refractivity contribution in [2.24, 2.45) is 5.92 Å². The van der Waals surface area contributed by atoms with E-state index < -0.39 is 19.0 Å². The number of halogens is 3. The van der Waals surface area contributed by atoms with Crippen LogP contribution in [0.2, 0.25) is 5.02 Å². The van der Waals surface area contributed by atoms with Crippen LogP contribution in [0.3, 0.4) is 0 Å². The third kappa shape index (κ3) is 4.87. The highest BCUT2D eigenvalue weighted by Crippen LogP contribution is 2.25. The molecule has 3 aromatic rings. The number of fused-ring (bicyclic) bond motifs is 1. The summed E-state index contributed by atoms with van der Waals surface area (Å²) in [7, 11) is 0. The Morgan fingerprint density at radius 3 is 2.52 bits per heavy atom. The van der Waals surface area contributed by atoms with Crippen LogP contribution in [0.4, 0.5) is 8.78 Å². The van der Waals surface area contributed by atoms with Gasteiger partial charge in [-0.25, -0.2) is 23.4 Å². The van der Waals surface area contributed by atoms with Crippen LogP contribution < -0.4 is 0 Å². The Balaban J connectivity index is 2.02. The number of hydrogen-bond acceptors (Lipinski definition) is 5. The molecule has 1 aromatic carbocycles. The van der Waals surface area contributed by atoms with Crippen LogP contribution in [0.15, 0.2) is 24.3 Å². The van der Waals surface area contributed by atoms with E-state index in [9.17, 15) is 13.9 Å². The number of aryl methyl sites for hydroxylation is 1. The van der Waals surface area contributed by atoms with E-state index in [0.29, 0.717) is 34.2 Å². The molecule has 1 N–H and O–H groups in total. The maximum Gasteiger partial charge on any atom is 0.243 e. The molecule has 1 unspecified atom stereocenters. The number of aliphatic hydroxyl groups is 1. The Morgan fingerprint density at radius 1 is 1.17 bits per heavy atom. The quantitative estimate of drug-likeness (QED) is 0.621. The monoisotopic (exact) mass is 423 g/mol. The van der Waals surface area contributed by atoms with Crippen LogP contribution in [0.25, 0.3) is 11.2 Å². The van der Waals surface area contributed by atoms with Gasteiger partial charge >= 0.3 is 0 Å². The predicted molar refractivity (Wildman–Crippen MR) is 107 cm³/mol. The fraction of sp³-hybridized carbons (Fsp3) is 0.500. The first-order valence-electron chi connectivity index (χ1n) is 9.43. The lowest BCUT2D eigenvalue weighted by Crippen LogP contribution is -2.20. The summed E-state index contributed by atoms with van der Waals surface area (Å²) in [5.41, 5.74) is 2.11. The van der Waals surface area contributed by atoms with E-state index in [-0.39, 0.29) is 18.3 Å². The molecule has 6 nitrogen and oxygen atoms in total. The molecule has 156 valence electrons. The van der Waals surface area contributed by atoms with Crippen LogP contribution >= 0.6 is 11.6 Å². The second-order valence-electron chi connectivity index (χ2n) is 8.07. The van der Waals surface area contributed by atoms with Gasteiger partial charge in [0.15, 0.2) is 11.2 Å². The zero-order valence-corrected chi connectivity index (χ0v) is 17.4. The third-order valence-electron chi connectivity index (χ3n) is 4.73. The Kier molecular flexibility index (Phi) is 6.43. The van der Waals surface area contributed by atoms with Crippen molar-refractivity contribution in [1.82, 2.24) is 25.0 Å². The maximum atomic E-state index is 13.0. The highest BCUT2D eigenvalue weighted by atomic mass is 35.5. The van der Waals surface area contributed by atoms with Gasteiger partial charge in [-0.15, -0.1) is 5.10 Å². The van der Waals surface area contributed by atoms with Gasteiger partial charge in [-0.3, -0.25) is 0 Å². The standard InChI is InChI=1S/C20H24ClF2N5O/c1-20(2,3)19-24-15(9-8-13(11-29)17(22)23)16-18(25-19)28(27-26-16)10-12-6-4-5-7-14(12)21/h4-7,13,17,29H,8-11H2,1-3H3. The van der Waals surface area contributed by atoms with Crippen molar-refractivity contribution in [3.63, 3.8) is 0 Å². The predicted octanol–water partition coefficient (Wildman–Crippen LogP) is 4.03. The van der Waals surface area contributed by atoms with Crippen LogP contribution in [0.1, 0.15) is 44.3 Å². The number of hydrogen-bond donors (Lipinski definition) is 1. The largest absolute Gasteiger partial charge is 0.396 e. The third-order valence-corrected chi connectivity index (χ3v) is 5.10. The first kappa shape index (κ1) is 21.5. The summed E-state index contributed by atoms with van der Waals surface area (Å²) >= 11 is 6.27. The van der Waals surface area contributed by atoms with Crippen LogP contribution in [-0.4, -0.2) is 43.1 Å². The molecule has 0 spiro atoms. The molecule has 0 bridgehead atoms. The summed E-state index contributed by atoms with van der Waals surface area (Å²) < 4.78 is 27.7. The number of benzene rings is 1. The zero-order valence-electron chi connectivity index (χ0n) is 16.6. The molecule has 0 aliphatic carbocycles. The summed E-state index contributed by atoms with van der Waals surface area (Å²) in [4.78, 5) is 9.26. The molecule has 1 atom stereocenters. The Hall–Kier alpha value is -2.19. The fourth-order valence-corrected chi connectivity index (χ4v) is 3.13. The van der Waals surface area contributed by atoms with E-state index in [4.69, 9.17) is 11.6 Å². The van der Waals surface area contributed by atoms with Crippen LogP contribution in [0, 0.1) is 5.92 Å². The highest BCUT2D eigenvalue weighted by Gasteiger charge is 2.25. The van der Waals surface area contributed by atoms with Gasteiger partial charge in [0.25, 0.3) is 0 Å². The molecule has 0 aliphatic heterocycles. The van der Waals surface area contributed by atoms with Gasteiger partial charge in [0, 0.05) is 16.4 Å². The minimum atomic E-state index is -2.59. The van der Waals surface area contributed by atoms with Crippen molar-refractivity contribution in [2.75, 3.05) is 6.61 Å². The summed E-state index contributed by atoms with van der Waals surface area (Å²) in [6, 6.07) is 7.44. The van der Waals surface area contributed by atoms with Crippen LogP contribution in [0.5, 0.6) is 0 Å². The molecule has 0 fully saturated rings. The molecular weight excluding hydrogens is 400 g/mol. The Labute approximate surface area is 172 Å². The first-order chi connectivity index (χ1) is 13.7. The average molecular weight is 424 g/mol. The van der Waals surface area contributed by atoms with Crippen LogP contribution in [-0.2, 0) is 18.4 Å². The lowest BCUT2D eigenvalue weighted by atomic mass is 9.95. The van der Waals surface area contributed by atoms with Gasteiger partial charge in [0.2, 0.25) is 6.43 Å². The SMILES string of the molecule is CC(C)(C)c1nc(CCC(CO)C(F)F)c2nnn(Cc3ccccc3Cl)c2n1. The van der Waals surface area contributed by atoms with Gasteiger partial charge in [0.05, 0.1) is 18.8 Å². The smallest absolute Gasteiger partial charge is 0.243 e. The van der Waals surface area contributed by atoms with E-state index in [1.165, 1.54) is 0 Å². The summed E-state index contributed by atoms with van der Waals surface area (Å²) in [6.45, 7) is 5.76. The molecule has 0 aliphatic rings. The molecular formula is C20H24ClF2N5O. The molecule has 2 heterocycles.